The number of para-hydroxylation sites is 3. The molecule has 4 nitrogen and oxygen atoms in total. The molecule has 1 N–H and O–H groups in total. The Morgan fingerprint density at radius 3 is 2.00 bits per heavy atom. The highest BCUT2D eigenvalue weighted by Gasteiger charge is 2.19. The Bertz CT molecular complexity index is 2360. The fourth-order valence-corrected chi connectivity index (χ4v) is 6.53. The molecule has 8 rings (SSSR count). The first-order valence-electron chi connectivity index (χ1n) is 16.2. The maximum Gasteiger partial charge on any atom is 0.149 e. The molecule has 1 unspecified atom stereocenters. The van der Waals surface area contributed by atoms with E-state index < -0.39 is 0 Å². The number of pyridine rings is 1. The van der Waals surface area contributed by atoms with Gasteiger partial charge in [0, 0.05) is 28.9 Å². The lowest BCUT2D eigenvalue weighted by molar-refractivity contribution is 0.477. The average Bonchev–Trinajstić information content (AvgIpc) is 3.55. The lowest BCUT2D eigenvalue weighted by atomic mass is 9.92. The van der Waals surface area contributed by atoms with Crippen molar-refractivity contribution in [2.45, 2.75) is 12.8 Å². The van der Waals surface area contributed by atoms with Crippen molar-refractivity contribution in [2.75, 3.05) is 0 Å². The third kappa shape index (κ3) is 5.44. The van der Waals surface area contributed by atoms with E-state index in [-0.39, 0.29) is 5.75 Å². The van der Waals surface area contributed by atoms with Crippen molar-refractivity contribution in [3.8, 4) is 56.3 Å². The predicted molar refractivity (Wildman–Crippen MR) is 196 cm³/mol. The SMILES string of the molecule is CC(c1ccccc1)c1ccc(-c2ccnc(-c3cccc(-c4cccc5c4nc(-c4ccccc4O)n5-c4ccccc4)c3)c2)cc1. The summed E-state index contributed by atoms with van der Waals surface area (Å²) in [7, 11) is 0. The Hall–Kier alpha value is -6.26. The number of phenols is 1. The van der Waals surface area contributed by atoms with Crippen LogP contribution in [0, 0.1) is 0 Å². The van der Waals surface area contributed by atoms with E-state index in [1.165, 1.54) is 11.1 Å². The molecule has 2 heterocycles. The van der Waals surface area contributed by atoms with Crippen molar-refractivity contribution in [1.82, 2.24) is 14.5 Å². The summed E-state index contributed by atoms with van der Waals surface area (Å²) in [4.78, 5) is 9.96. The van der Waals surface area contributed by atoms with Gasteiger partial charge in [-0.1, -0.05) is 122 Å². The van der Waals surface area contributed by atoms with Crippen LogP contribution in [0.3, 0.4) is 0 Å². The summed E-state index contributed by atoms with van der Waals surface area (Å²) < 4.78 is 2.12. The van der Waals surface area contributed by atoms with E-state index >= 15 is 0 Å². The van der Waals surface area contributed by atoms with Crippen LogP contribution in [0.2, 0.25) is 0 Å². The number of imidazole rings is 1. The molecule has 1 atom stereocenters. The van der Waals surface area contributed by atoms with Crippen LogP contribution in [0.15, 0.2) is 170 Å². The quantitative estimate of drug-likeness (QED) is 0.193. The lowest BCUT2D eigenvalue weighted by Crippen LogP contribution is -1.97. The molecule has 0 amide bonds. The molecule has 0 aliphatic carbocycles. The van der Waals surface area contributed by atoms with Crippen molar-refractivity contribution in [3.05, 3.63) is 181 Å². The maximum atomic E-state index is 10.8. The number of nitrogens with zero attached hydrogens (tertiary/aromatic N) is 3. The third-order valence-corrected chi connectivity index (χ3v) is 9.12. The van der Waals surface area contributed by atoms with E-state index in [9.17, 15) is 5.11 Å². The van der Waals surface area contributed by atoms with Gasteiger partial charge >= 0.3 is 0 Å². The summed E-state index contributed by atoms with van der Waals surface area (Å²) in [6.07, 6.45) is 1.89. The van der Waals surface area contributed by atoms with Gasteiger partial charge in [0.05, 0.1) is 22.3 Å². The van der Waals surface area contributed by atoms with E-state index in [0.29, 0.717) is 17.3 Å². The van der Waals surface area contributed by atoms with Gasteiger partial charge in [-0.25, -0.2) is 4.98 Å². The van der Waals surface area contributed by atoms with Gasteiger partial charge in [0.25, 0.3) is 0 Å². The first-order chi connectivity index (χ1) is 23.6. The highest BCUT2D eigenvalue weighted by molar-refractivity contribution is 5.96. The van der Waals surface area contributed by atoms with Crippen LogP contribution in [-0.2, 0) is 0 Å². The van der Waals surface area contributed by atoms with Crippen LogP contribution in [-0.4, -0.2) is 19.6 Å². The van der Waals surface area contributed by atoms with E-state index in [1.807, 2.05) is 42.6 Å². The standard InChI is InChI=1S/C44H33N3O/c1-30(31-12-4-2-5-13-31)32-22-24-33(25-23-32)34-26-27-45-40(29-34)36-15-10-14-35(28-36)38-19-11-20-41-43(38)46-44(39-18-8-9-21-42(39)48)47(41)37-16-6-3-7-17-37/h2-30,48H,1H3. The average molecular weight is 620 g/mol. The molecule has 0 spiro atoms. The Morgan fingerprint density at radius 2 is 1.21 bits per heavy atom. The number of fused-ring (bicyclic) bond motifs is 1. The van der Waals surface area contributed by atoms with Crippen molar-refractivity contribution >= 4 is 11.0 Å². The second-order valence-corrected chi connectivity index (χ2v) is 12.1. The zero-order valence-corrected chi connectivity index (χ0v) is 26.5. The number of aromatic nitrogens is 3. The van der Waals surface area contributed by atoms with Crippen LogP contribution in [0.4, 0.5) is 0 Å². The molecular formula is C44H33N3O. The predicted octanol–water partition coefficient (Wildman–Crippen LogP) is 10.9. The molecule has 48 heavy (non-hydrogen) atoms. The summed E-state index contributed by atoms with van der Waals surface area (Å²) in [6.45, 7) is 2.25. The van der Waals surface area contributed by atoms with Gasteiger partial charge in [-0.05, 0) is 76.3 Å². The largest absolute Gasteiger partial charge is 0.507 e. The molecule has 0 fully saturated rings. The summed E-state index contributed by atoms with van der Waals surface area (Å²) in [5, 5.41) is 10.8. The highest BCUT2D eigenvalue weighted by Crippen LogP contribution is 2.38. The molecule has 0 aliphatic rings. The molecular weight excluding hydrogens is 587 g/mol. The molecule has 8 aromatic rings. The number of hydrogen-bond acceptors (Lipinski definition) is 3. The van der Waals surface area contributed by atoms with Gasteiger partial charge in [0.15, 0.2) is 0 Å². The van der Waals surface area contributed by atoms with Crippen LogP contribution in [0.25, 0.3) is 61.6 Å². The summed E-state index contributed by atoms with van der Waals surface area (Å²) in [6, 6.07) is 56.0. The Kier molecular flexibility index (Phi) is 7.60. The number of benzene rings is 6. The van der Waals surface area contributed by atoms with Gasteiger partial charge < -0.3 is 5.11 Å². The highest BCUT2D eigenvalue weighted by atomic mass is 16.3. The van der Waals surface area contributed by atoms with E-state index in [1.54, 1.807) is 6.07 Å². The zero-order chi connectivity index (χ0) is 32.5. The lowest BCUT2D eigenvalue weighted by Gasteiger charge is -2.13. The normalized spacial score (nSPS) is 11.9. The first kappa shape index (κ1) is 29.2. The molecule has 4 heteroatoms. The van der Waals surface area contributed by atoms with Gasteiger partial charge in [0.1, 0.15) is 11.6 Å². The second-order valence-electron chi connectivity index (χ2n) is 12.1. The molecule has 0 bridgehead atoms. The molecule has 6 aromatic carbocycles. The number of hydrogen-bond donors (Lipinski definition) is 1. The maximum absolute atomic E-state index is 10.8. The Balaban J connectivity index is 1.17. The minimum absolute atomic E-state index is 0.194. The van der Waals surface area contributed by atoms with Crippen LogP contribution in [0.1, 0.15) is 24.0 Å². The van der Waals surface area contributed by atoms with Gasteiger partial charge in [-0.15, -0.1) is 0 Å². The van der Waals surface area contributed by atoms with E-state index in [0.717, 1.165) is 50.2 Å². The number of rotatable bonds is 7. The topological polar surface area (TPSA) is 50.9 Å². The van der Waals surface area contributed by atoms with Crippen molar-refractivity contribution in [2.24, 2.45) is 0 Å². The minimum atomic E-state index is 0.194. The zero-order valence-electron chi connectivity index (χ0n) is 26.5. The number of aromatic hydroxyl groups is 1. The van der Waals surface area contributed by atoms with Crippen LogP contribution >= 0.6 is 0 Å². The summed E-state index contributed by atoms with van der Waals surface area (Å²) >= 11 is 0. The van der Waals surface area contributed by atoms with Crippen LogP contribution < -0.4 is 0 Å². The fraction of sp³-hybridized carbons (Fsp3) is 0.0455. The molecule has 0 saturated heterocycles. The van der Waals surface area contributed by atoms with Crippen molar-refractivity contribution in [1.29, 1.82) is 0 Å². The number of phenolic OH excluding ortho intramolecular Hbond substituents is 1. The summed E-state index contributed by atoms with van der Waals surface area (Å²) in [5.41, 5.74) is 12.4. The smallest absolute Gasteiger partial charge is 0.149 e. The van der Waals surface area contributed by atoms with E-state index in [2.05, 4.69) is 133 Å². The third-order valence-electron chi connectivity index (χ3n) is 9.12. The molecule has 0 radical (unpaired) electrons. The molecule has 2 aromatic heterocycles. The fourth-order valence-electron chi connectivity index (χ4n) is 6.53. The van der Waals surface area contributed by atoms with Crippen LogP contribution in [0.5, 0.6) is 5.75 Å². The molecule has 230 valence electrons. The molecule has 0 saturated carbocycles. The van der Waals surface area contributed by atoms with Gasteiger partial charge in [0.2, 0.25) is 0 Å². The minimum Gasteiger partial charge on any atom is -0.507 e. The van der Waals surface area contributed by atoms with E-state index in [4.69, 9.17) is 9.97 Å². The monoisotopic (exact) mass is 619 g/mol. The Morgan fingerprint density at radius 1 is 0.542 bits per heavy atom. The second kappa shape index (κ2) is 12.5. The molecule has 0 aliphatic heterocycles. The van der Waals surface area contributed by atoms with Gasteiger partial charge in [-0.3, -0.25) is 9.55 Å². The first-order valence-corrected chi connectivity index (χ1v) is 16.2. The Labute approximate surface area is 280 Å². The summed E-state index contributed by atoms with van der Waals surface area (Å²) in [5.74, 6) is 1.21. The van der Waals surface area contributed by atoms with Gasteiger partial charge in [-0.2, -0.15) is 0 Å². The van der Waals surface area contributed by atoms with Crippen molar-refractivity contribution in [3.63, 3.8) is 0 Å². The van der Waals surface area contributed by atoms with Crippen molar-refractivity contribution < 1.29 is 5.11 Å².